The average Bonchev–Trinajstić information content (AvgIpc) is 3.28. The van der Waals surface area contributed by atoms with Gasteiger partial charge in [0.1, 0.15) is 11.6 Å². The van der Waals surface area contributed by atoms with Gasteiger partial charge in [0.05, 0.1) is 12.6 Å². The molecule has 1 atom stereocenters. The fourth-order valence-electron chi connectivity index (χ4n) is 5.14. The van der Waals surface area contributed by atoms with Crippen molar-refractivity contribution in [3.05, 3.63) is 11.6 Å². The van der Waals surface area contributed by atoms with E-state index >= 15 is 0 Å². The molecule has 3 fully saturated rings. The molecular formula is C20H35N5O. The van der Waals surface area contributed by atoms with Crippen LogP contribution in [0.5, 0.6) is 0 Å². The van der Waals surface area contributed by atoms with Gasteiger partial charge in [0.15, 0.2) is 0 Å². The minimum atomic E-state index is -0.116. The van der Waals surface area contributed by atoms with E-state index in [1.165, 1.54) is 57.4 Å². The molecule has 0 unspecified atom stereocenters. The summed E-state index contributed by atoms with van der Waals surface area (Å²) in [6, 6.07) is 0. The summed E-state index contributed by atoms with van der Waals surface area (Å²) in [5, 5.41) is 18.8. The van der Waals surface area contributed by atoms with E-state index in [4.69, 9.17) is 0 Å². The van der Waals surface area contributed by atoms with Crippen LogP contribution in [-0.2, 0) is 13.6 Å². The molecule has 1 aromatic rings. The van der Waals surface area contributed by atoms with Gasteiger partial charge in [0.25, 0.3) is 0 Å². The largest absolute Gasteiger partial charge is 0.393 e. The van der Waals surface area contributed by atoms with E-state index in [1.807, 2.05) is 0 Å². The van der Waals surface area contributed by atoms with Crippen LogP contribution in [0.4, 0.5) is 0 Å². The van der Waals surface area contributed by atoms with Crippen LogP contribution in [-0.4, -0.2) is 68.5 Å². The smallest absolute Gasteiger partial charge is 0.146 e. The van der Waals surface area contributed by atoms with Gasteiger partial charge in [0.2, 0.25) is 0 Å². The van der Waals surface area contributed by atoms with E-state index in [9.17, 15) is 5.11 Å². The lowest BCUT2D eigenvalue weighted by Gasteiger charge is -2.34. The Labute approximate surface area is 157 Å². The first-order valence-electron chi connectivity index (χ1n) is 10.7. The number of aliphatic hydroxyl groups excluding tert-OH is 1. The Hall–Kier alpha value is -0.980. The molecule has 0 amide bonds. The van der Waals surface area contributed by atoms with Gasteiger partial charge in [-0.15, -0.1) is 10.2 Å². The zero-order valence-electron chi connectivity index (χ0n) is 16.3. The fraction of sp³-hybridized carbons (Fsp3) is 0.900. The Morgan fingerprint density at radius 3 is 2.46 bits per heavy atom. The molecule has 1 aromatic heterocycles. The van der Waals surface area contributed by atoms with Gasteiger partial charge >= 0.3 is 0 Å². The van der Waals surface area contributed by atoms with Gasteiger partial charge in [0, 0.05) is 39.1 Å². The Balaban J connectivity index is 1.35. The van der Waals surface area contributed by atoms with Gasteiger partial charge in [-0.05, 0) is 51.0 Å². The summed E-state index contributed by atoms with van der Waals surface area (Å²) in [6.45, 7) is 6.47. The highest BCUT2D eigenvalue weighted by Gasteiger charge is 2.28. The van der Waals surface area contributed by atoms with Gasteiger partial charge in [-0.3, -0.25) is 4.90 Å². The van der Waals surface area contributed by atoms with Crippen molar-refractivity contribution in [2.24, 2.45) is 13.0 Å². The molecule has 2 aliphatic heterocycles. The zero-order chi connectivity index (χ0) is 17.9. The van der Waals surface area contributed by atoms with Crippen molar-refractivity contribution in [1.82, 2.24) is 24.6 Å². The Kier molecular flexibility index (Phi) is 5.91. The molecule has 0 aromatic carbocycles. The minimum Gasteiger partial charge on any atom is -0.393 e. The number of piperidine rings is 2. The summed E-state index contributed by atoms with van der Waals surface area (Å²) in [6.07, 6.45) is 9.89. The van der Waals surface area contributed by atoms with Gasteiger partial charge in [-0.2, -0.15) is 0 Å². The Morgan fingerprint density at radius 1 is 0.923 bits per heavy atom. The molecule has 4 rings (SSSR count). The van der Waals surface area contributed by atoms with E-state index in [0.717, 1.165) is 50.8 Å². The van der Waals surface area contributed by atoms with Gasteiger partial charge in [-0.1, -0.05) is 12.8 Å². The first kappa shape index (κ1) is 18.4. The van der Waals surface area contributed by atoms with Crippen LogP contribution in [0.3, 0.4) is 0 Å². The maximum Gasteiger partial charge on any atom is 0.146 e. The molecule has 1 aliphatic carbocycles. The molecule has 146 valence electrons. The minimum absolute atomic E-state index is 0.116. The van der Waals surface area contributed by atoms with Crippen LogP contribution < -0.4 is 0 Å². The first-order valence-corrected chi connectivity index (χ1v) is 10.7. The standard InChI is InChI=1S/C20H35N5O/c1-23-19(15-24-11-8-18(26)9-12-24)21-22-20(23)17-7-4-10-25(14-17)13-16-5-2-3-6-16/h16-18,26H,2-15H2,1H3/t17-/m1/s1. The van der Waals surface area contributed by atoms with Crippen molar-refractivity contribution in [1.29, 1.82) is 0 Å². The third kappa shape index (κ3) is 4.29. The van der Waals surface area contributed by atoms with Crippen LogP contribution >= 0.6 is 0 Å². The van der Waals surface area contributed by atoms with Crippen LogP contribution in [0.15, 0.2) is 0 Å². The molecular weight excluding hydrogens is 326 g/mol. The van der Waals surface area contributed by atoms with Crippen LogP contribution in [0.1, 0.15) is 68.9 Å². The van der Waals surface area contributed by atoms with Crippen molar-refractivity contribution in [3.63, 3.8) is 0 Å². The highest BCUT2D eigenvalue weighted by Crippen LogP contribution is 2.30. The molecule has 6 heteroatoms. The number of hydrogen-bond donors (Lipinski definition) is 1. The Bertz CT molecular complexity index is 575. The monoisotopic (exact) mass is 361 g/mol. The molecule has 0 bridgehead atoms. The molecule has 2 saturated heterocycles. The number of likely N-dealkylation sites (tertiary alicyclic amines) is 2. The van der Waals surface area contributed by atoms with Crippen molar-refractivity contribution < 1.29 is 5.11 Å². The predicted molar refractivity (Wildman–Crippen MR) is 102 cm³/mol. The summed E-state index contributed by atoms with van der Waals surface area (Å²) < 4.78 is 2.24. The molecule has 0 spiro atoms. The lowest BCUT2D eigenvalue weighted by atomic mass is 9.95. The summed E-state index contributed by atoms with van der Waals surface area (Å²) in [7, 11) is 2.14. The molecule has 3 aliphatic rings. The fourth-order valence-corrected chi connectivity index (χ4v) is 5.14. The lowest BCUT2D eigenvalue weighted by molar-refractivity contribution is 0.0775. The average molecular weight is 362 g/mol. The summed E-state index contributed by atoms with van der Waals surface area (Å²) >= 11 is 0. The van der Waals surface area contributed by atoms with Gasteiger partial charge in [-0.25, -0.2) is 0 Å². The van der Waals surface area contributed by atoms with E-state index in [1.54, 1.807) is 0 Å². The van der Waals surface area contributed by atoms with E-state index in [0.29, 0.717) is 5.92 Å². The molecule has 0 radical (unpaired) electrons. The van der Waals surface area contributed by atoms with Crippen molar-refractivity contribution in [2.45, 2.75) is 69.9 Å². The van der Waals surface area contributed by atoms with E-state index in [-0.39, 0.29) is 6.10 Å². The maximum absolute atomic E-state index is 9.68. The van der Waals surface area contributed by atoms with E-state index in [2.05, 4.69) is 31.6 Å². The second kappa shape index (κ2) is 8.36. The van der Waals surface area contributed by atoms with E-state index < -0.39 is 0 Å². The second-order valence-electron chi connectivity index (χ2n) is 8.79. The molecule has 3 heterocycles. The number of nitrogens with zero attached hydrogens (tertiary/aromatic N) is 5. The highest BCUT2D eigenvalue weighted by molar-refractivity contribution is 5.04. The number of rotatable bonds is 5. The summed E-state index contributed by atoms with van der Waals surface area (Å²) in [5.41, 5.74) is 0. The van der Waals surface area contributed by atoms with Crippen LogP contribution in [0.25, 0.3) is 0 Å². The summed E-state index contributed by atoms with van der Waals surface area (Å²) in [5.74, 6) is 3.70. The number of aromatic nitrogens is 3. The number of aliphatic hydroxyl groups is 1. The molecule has 26 heavy (non-hydrogen) atoms. The van der Waals surface area contributed by atoms with Crippen molar-refractivity contribution in [3.8, 4) is 0 Å². The Morgan fingerprint density at radius 2 is 1.69 bits per heavy atom. The van der Waals surface area contributed by atoms with Crippen LogP contribution in [0.2, 0.25) is 0 Å². The normalized spacial score (nSPS) is 27.4. The summed E-state index contributed by atoms with van der Waals surface area (Å²) in [4.78, 5) is 5.08. The topological polar surface area (TPSA) is 57.4 Å². The van der Waals surface area contributed by atoms with Gasteiger partial charge < -0.3 is 14.6 Å². The highest BCUT2D eigenvalue weighted by atomic mass is 16.3. The number of hydrogen-bond acceptors (Lipinski definition) is 5. The first-order chi connectivity index (χ1) is 12.7. The quantitative estimate of drug-likeness (QED) is 0.871. The zero-order valence-corrected chi connectivity index (χ0v) is 16.3. The SMILES string of the molecule is Cn1c(CN2CCC(O)CC2)nnc1[C@@H]1CCCN(CC2CCCC2)C1. The second-order valence-corrected chi connectivity index (χ2v) is 8.79. The third-order valence-electron chi connectivity index (χ3n) is 6.78. The third-order valence-corrected chi connectivity index (χ3v) is 6.78. The van der Waals surface area contributed by atoms with Crippen molar-refractivity contribution >= 4 is 0 Å². The van der Waals surface area contributed by atoms with Crippen LogP contribution in [0, 0.1) is 5.92 Å². The molecule has 1 N–H and O–H groups in total. The maximum atomic E-state index is 9.68. The predicted octanol–water partition coefficient (Wildman–Crippen LogP) is 2.14. The molecule has 1 saturated carbocycles. The van der Waals surface area contributed by atoms with Crippen molar-refractivity contribution in [2.75, 3.05) is 32.7 Å². The molecule has 6 nitrogen and oxygen atoms in total. The lowest BCUT2D eigenvalue weighted by Crippen LogP contribution is -2.38.